The number of nitrogens with two attached hydrogens (primary N) is 1. The number of benzene rings is 1. The van der Waals surface area contributed by atoms with Gasteiger partial charge in [-0.3, -0.25) is 10.1 Å². The van der Waals surface area contributed by atoms with Gasteiger partial charge < -0.3 is 10.5 Å². The van der Waals surface area contributed by atoms with Crippen LogP contribution in [0.2, 0.25) is 5.02 Å². The zero-order chi connectivity index (χ0) is 15.5. The van der Waals surface area contributed by atoms with Crippen molar-refractivity contribution in [3.05, 3.63) is 34.7 Å². The SMILES string of the molecule is NC[C@H]1CC[C@@H](C(=O)Nc2nc(-c3ccccc3Cl)cs2)O1. The third-order valence-corrected chi connectivity index (χ3v) is 4.63. The second-order valence-corrected chi connectivity index (χ2v) is 6.33. The first-order valence-corrected chi connectivity index (χ1v) is 8.30. The summed E-state index contributed by atoms with van der Waals surface area (Å²) in [6.07, 6.45) is 1.04. The molecule has 0 spiro atoms. The van der Waals surface area contributed by atoms with Crippen molar-refractivity contribution in [1.29, 1.82) is 0 Å². The number of anilines is 1. The summed E-state index contributed by atoms with van der Waals surface area (Å²) in [6, 6.07) is 7.48. The Bertz CT molecular complexity index is 676. The highest BCUT2D eigenvalue weighted by molar-refractivity contribution is 7.14. The zero-order valence-corrected chi connectivity index (χ0v) is 13.4. The van der Waals surface area contributed by atoms with Crippen LogP contribution in [0.15, 0.2) is 29.6 Å². The molecule has 2 atom stereocenters. The number of carbonyl (C=O) groups excluding carboxylic acids is 1. The molecule has 1 fully saturated rings. The third-order valence-electron chi connectivity index (χ3n) is 3.55. The van der Waals surface area contributed by atoms with E-state index in [0.29, 0.717) is 23.1 Å². The van der Waals surface area contributed by atoms with E-state index < -0.39 is 6.10 Å². The predicted octanol–water partition coefficient (Wildman–Crippen LogP) is 2.91. The Kier molecular flexibility index (Phi) is 4.73. The standard InChI is InChI=1S/C15H16ClN3O2S/c16-11-4-2-1-3-10(11)12-8-22-15(18-12)19-14(20)13-6-5-9(7-17)21-13/h1-4,8-9,13H,5-7,17H2,(H,18,19,20)/t9-,13+/m1/s1. The van der Waals surface area contributed by atoms with E-state index in [1.807, 2.05) is 29.6 Å². The van der Waals surface area contributed by atoms with E-state index in [1.54, 1.807) is 0 Å². The lowest BCUT2D eigenvalue weighted by Gasteiger charge is -2.11. The minimum atomic E-state index is -0.443. The van der Waals surface area contributed by atoms with Crippen LogP contribution in [0, 0.1) is 0 Å². The van der Waals surface area contributed by atoms with Gasteiger partial charge in [0.25, 0.3) is 5.91 Å². The average Bonchev–Trinajstić information content (AvgIpc) is 3.16. The molecule has 1 saturated heterocycles. The van der Waals surface area contributed by atoms with Gasteiger partial charge in [-0.15, -0.1) is 11.3 Å². The van der Waals surface area contributed by atoms with E-state index >= 15 is 0 Å². The van der Waals surface area contributed by atoms with Gasteiger partial charge in [0.15, 0.2) is 5.13 Å². The molecule has 3 N–H and O–H groups in total. The maximum Gasteiger partial charge on any atom is 0.255 e. The predicted molar refractivity (Wildman–Crippen MR) is 88.1 cm³/mol. The summed E-state index contributed by atoms with van der Waals surface area (Å²) in [5.74, 6) is -0.170. The Morgan fingerprint density at radius 3 is 3.00 bits per heavy atom. The Hall–Kier alpha value is -1.47. The fourth-order valence-electron chi connectivity index (χ4n) is 2.38. The molecule has 1 amide bonds. The van der Waals surface area contributed by atoms with Crippen molar-refractivity contribution in [3.63, 3.8) is 0 Å². The second-order valence-electron chi connectivity index (χ2n) is 5.07. The van der Waals surface area contributed by atoms with E-state index in [1.165, 1.54) is 11.3 Å². The molecule has 0 unspecified atom stereocenters. The molecule has 22 heavy (non-hydrogen) atoms. The van der Waals surface area contributed by atoms with E-state index in [0.717, 1.165) is 17.7 Å². The molecule has 0 aliphatic carbocycles. The first-order valence-electron chi connectivity index (χ1n) is 7.04. The lowest BCUT2D eigenvalue weighted by atomic mass is 10.2. The Labute approximate surface area is 137 Å². The lowest BCUT2D eigenvalue weighted by Crippen LogP contribution is -2.29. The highest BCUT2D eigenvalue weighted by atomic mass is 35.5. The van der Waals surface area contributed by atoms with E-state index in [-0.39, 0.29) is 12.0 Å². The molecule has 1 aliphatic heterocycles. The van der Waals surface area contributed by atoms with Crippen molar-refractivity contribution >= 4 is 34.0 Å². The van der Waals surface area contributed by atoms with Crippen molar-refractivity contribution < 1.29 is 9.53 Å². The van der Waals surface area contributed by atoms with Gasteiger partial charge >= 0.3 is 0 Å². The molecule has 2 aromatic rings. The summed E-state index contributed by atoms with van der Waals surface area (Å²) in [4.78, 5) is 16.6. The number of nitrogens with one attached hydrogen (secondary N) is 1. The highest BCUT2D eigenvalue weighted by Crippen LogP contribution is 2.30. The minimum Gasteiger partial charge on any atom is -0.364 e. The number of aromatic nitrogens is 1. The van der Waals surface area contributed by atoms with Gasteiger partial charge in [0, 0.05) is 22.5 Å². The summed E-state index contributed by atoms with van der Waals surface area (Å²) >= 11 is 7.52. The van der Waals surface area contributed by atoms with Gasteiger partial charge in [-0.2, -0.15) is 0 Å². The fourth-order valence-corrected chi connectivity index (χ4v) is 3.33. The van der Waals surface area contributed by atoms with Crippen LogP contribution in [0.3, 0.4) is 0 Å². The van der Waals surface area contributed by atoms with Crippen LogP contribution >= 0.6 is 22.9 Å². The molecule has 1 aromatic heterocycles. The van der Waals surface area contributed by atoms with E-state index in [4.69, 9.17) is 22.1 Å². The monoisotopic (exact) mass is 337 g/mol. The number of thiazole rings is 1. The zero-order valence-electron chi connectivity index (χ0n) is 11.8. The van der Waals surface area contributed by atoms with E-state index in [2.05, 4.69) is 10.3 Å². The van der Waals surface area contributed by atoms with Gasteiger partial charge in [-0.1, -0.05) is 29.8 Å². The van der Waals surface area contributed by atoms with Crippen molar-refractivity contribution in [2.24, 2.45) is 5.73 Å². The van der Waals surface area contributed by atoms with Gasteiger partial charge in [0.1, 0.15) is 6.10 Å². The summed E-state index contributed by atoms with van der Waals surface area (Å²) in [5, 5.41) is 5.84. The lowest BCUT2D eigenvalue weighted by molar-refractivity contribution is -0.126. The number of ether oxygens (including phenoxy) is 1. The molecule has 0 saturated carbocycles. The molecule has 116 valence electrons. The Morgan fingerprint density at radius 2 is 2.27 bits per heavy atom. The number of hydrogen-bond acceptors (Lipinski definition) is 5. The summed E-state index contributed by atoms with van der Waals surface area (Å²) in [5.41, 5.74) is 7.15. The fraction of sp³-hybridized carbons (Fsp3) is 0.333. The maximum atomic E-state index is 12.2. The van der Waals surface area contributed by atoms with Crippen molar-refractivity contribution in [3.8, 4) is 11.3 Å². The molecule has 1 aliphatic rings. The number of amides is 1. The summed E-state index contributed by atoms with van der Waals surface area (Å²) < 4.78 is 5.57. The summed E-state index contributed by atoms with van der Waals surface area (Å²) in [7, 11) is 0. The molecule has 3 rings (SSSR count). The normalized spacial score (nSPS) is 21.0. The van der Waals surface area contributed by atoms with Crippen molar-refractivity contribution in [2.45, 2.75) is 25.0 Å². The molecule has 7 heteroatoms. The molecule has 5 nitrogen and oxygen atoms in total. The number of hydrogen-bond donors (Lipinski definition) is 2. The number of rotatable bonds is 4. The van der Waals surface area contributed by atoms with Crippen LogP contribution < -0.4 is 11.1 Å². The Balaban J connectivity index is 1.67. The second kappa shape index (κ2) is 6.75. The molecule has 2 heterocycles. The highest BCUT2D eigenvalue weighted by Gasteiger charge is 2.30. The van der Waals surface area contributed by atoms with Gasteiger partial charge in [-0.05, 0) is 18.9 Å². The Morgan fingerprint density at radius 1 is 1.45 bits per heavy atom. The first-order chi connectivity index (χ1) is 10.7. The number of halogens is 1. The molecule has 0 radical (unpaired) electrons. The molecule has 1 aromatic carbocycles. The van der Waals surface area contributed by atoms with Gasteiger partial charge in [0.05, 0.1) is 11.8 Å². The van der Waals surface area contributed by atoms with Crippen LogP contribution in [-0.2, 0) is 9.53 Å². The largest absolute Gasteiger partial charge is 0.364 e. The van der Waals surface area contributed by atoms with E-state index in [9.17, 15) is 4.79 Å². The minimum absolute atomic E-state index is 0.0225. The first kappa shape index (κ1) is 15.4. The van der Waals surface area contributed by atoms with Crippen molar-refractivity contribution in [2.75, 3.05) is 11.9 Å². The topological polar surface area (TPSA) is 77.2 Å². The smallest absolute Gasteiger partial charge is 0.255 e. The molecule has 0 bridgehead atoms. The third kappa shape index (κ3) is 3.30. The maximum absolute atomic E-state index is 12.2. The quantitative estimate of drug-likeness (QED) is 0.899. The summed E-state index contributed by atoms with van der Waals surface area (Å²) in [6.45, 7) is 0.442. The molecular formula is C15H16ClN3O2S. The molecular weight excluding hydrogens is 322 g/mol. The van der Waals surface area contributed by atoms with Crippen molar-refractivity contribution in [1.82, 2.24) is 4.98 Å². The van der Waals surface area contributed by atoms with Crippen LogP contribution in [-0.4, -0.2) is 29.6 Å². The number of nitrogens with zero attached hydrogens (tertiary/aromatic N) is 1. The van der Waals surface area contributed by atoms with Gasteiger partial charge in [-0.25, -0.2) is 4.98 Å². The van der Waals surface area contributed by atoms with Crippen LogP contribution in [0.1, 0.15) is 12.8 Å². The van der Waals surface area contributed by atoms with Gasteiger partial charge in [0.2, 0.25) is 0 Å². The average molecular weight is 338 g/mol. The van der Waals surface area contributed by atoms with Crippen LogP contribution in [0.25, 0.3) is 11.3 Å². The van der Waals surface area contributed by atoms with Crippen LogP contribution in [0.5, 0.6) is 0 Å². The number of carbonyl (C=O) groups is 1. The van der Waals surface area contributed by atoms with Crippen LogP contribution in [0.4, 0.5) is 5.13 Å².